The molecule has 1 rings (SSSR count). The van der Waals surface area contributed by atoms with Crippen LogP contribution in [-0.2, 0) is 0 Å². The van der Waals surface area contributed by atoms with Gasteiger partial charge in [-0.2, -0.15) is 0 Å². The van der Waals surface area contributed by atoms with Crippen LogP contribution in [0.5, 0.6) is 0 Å². The second-order valence-corrected chi connectivity index (χ2v) is 42.2. The lowest BCUT2D eigenvalue weighted by atomic mass is 9.33. The van der Waals surface area contributed by atoms with Crippen LogP contribution in [0.2, 0.25) is 19.6 Å². The van der Waals surface area contributed by atoms with Gasteiger partial charge in [-0.25, -0.2) is 0 Å². The molecule has 0 spiro atoms. The Kier molecular flexibility index (Phi) is 11.4. The molecular formula is C48H96SSi. The van der Waals surface area contributed by atoms with E-state index in [0.29, 0.717) is 10.8 Å². The second-order valence-electron chi connectivity index (χ2n) is 26.4. The monoisotopic (exact) mass is 733 g/mol. The summed E-state index contributed by atoms with van der Waals surface area (Å²) in [6.45, 7) is 67.4. The van der Waals surface area contributed by atoms with Crippen LogP contribution < -0.4 is 0 Å². The molecule has 0 saturated heterocycles. The molecule has 0 aliphatic rings. The third-order valence-electron chi connectivity index (χ3n) is 21.1. The van der Waals surface area contributed by atoms with Gasteiger partial charge >= 0.3 is 0 Å². The lowest BCUT2D eigenvalue weighted by Crippen LogP contribution is -2.70. The fraction of sp³-hybridized carbons (Fsp3) is 0.875. The van der Waals surface area contributed by atoms with Crippen molar-refractivity contribution in [3.63, 3.8) is 0 Å². The number of rotatable bonds is 14. The normalized spacial score (nSPS) is 18.2. The topological polar surface area (TPSA) is 0 Å². The van der Waals surface area contributed by atoms with E-state index in [9.17, 15) is 0 Å². The molecule has 0 saturated carbocycles. The smallest absolute Gasteiger partial charge is 0.0608 e. The predicted octanol–water partition coefficient (Wildman–Crippen LogP) is 16.0. The average Bonchev–Trinajstić information content (AvgIpc) is 2.86. The molecule has 1 aromatic carbocycles. The highest BCUT2D eigenvalue weighted by molar-refractivity contribution is 8.64. The molecule has 0 N–H and O–H groups in total. The van der Waals surface area contributed by atoms with Crippen molar-refractivity contribution < 1.29 is 0 Å². The van der Waals surface area contributed by atoms with Crippen LogP contribution in [0, 0.1) is 61.6 Å². The summed E-state index contributed by atoms with van der Waals surface area (Å²) < 4.78 is 0.0158. The lowest BCUT2D eigenvalue weighted by Gasteiger charge is -2.88. The summed E-state index contributed by atoms with van der Waals surface area (Å²) in [7, 11) is -4.66. The van der Waals surface area contributed by atoms with E-state index in [0.717, 1.165) is 0 Å². The molecule has 0 radical (unpaired) electrons. The molecule has 298 valence electrons. The summed E-state index contributed by atoms with van der Waals surface area (Å²) in [5.74, 6) is 0.594. The van der Waals surface area contributed by atoms with Crippen molar-refractivity contribution in [2.24, 2.45) is 54.7 Å². The zero-order chi connectivity index (χ0) is 41.0. The molecule has 1 aromatic rings. The van der Waals surface area contributed by atoms with Gasteiger partial charge in [-0.15, -0.1) is 0 Å². The predicted molar refractivity (Wildman–Crippen MR) is 241 cm³/mol. The maximum Gasteiger partial charge on any atom is 0.0608 e. The zero-order valence-corrected chi connectivity index (χ0v) is 42.2. The summed E-state index contributed by atoms with van der Waals surface area (Å²) in [6.07, 6.45) is 11.1. The van der Waals surface area contributed by atoms with Gasteiger partial charge in [0, 0.05) is 0 Å². The summed E-state index contributed by atoms with van der Waals surface area (Å²) in [5.41, 5.74) is 3.17. The summed E-state index contributed by atoms with van der Waals surface area (Å²) in [4.78, 5) is 0.548. The van der Waals surface area contributed by atoms with Gasteiger partial charge in [-0.3, -0.25) is 8.29 Å². The highest BCUT2D eigenvalue weighted by atomic mass is 32.4. The van der Waals surface area contributed by atoms with E-state index in [2.05, 4.69) is 228 Å². The maximum absolute atomic E-state index is 2.94. The molecule has 0 aliphatic carbocycles. The fourth-order valence-electron chi connectivity index (χ4n) is 11.9. The molecule has 0 bridgehead atoms. The zero-order valence-electron chi connectivity index (χ0n) is 40.4. The van der Waals surface area contributed by atoms with Crippen LogP contribution in [0.25, 0.3) is 0 Å². The van der Waals surface area contributed by atoms with Crippen molar-refractivity contribution in [2.75, 3.05) is 25.0 Å². The Hall–Kier alpha value is -0.213. The Bertz CT molecular complexity index is 1370. The van der Waals surface area contributed by atoms with E-state index >= 15 is 0 Å². The molecule has 0 aromatic heterocycles. The summed E-state index contributed by atoms with van der Waals surface area (Å²) in [5, 5.41) is 0. The minimum atomic E-state index is -2.94. The molecule has 0 fully saturated rings. The van der Waals surface area contributed by atoms with Gasteiger partial charge in [0.25, 0.3) is 0 Å². The second kappa shape index (κ2) is 11.9. The first-order valence-electron chi connectivity index (χ1n) is 20.2. The van der Waals surface area contributed by atoms with Gasteiger partial charge in [-0.05, 0) is 102 Å². The molecule has 0 nitrogen and oxygen atoms in total. The van der Waals surface area contributed by atoms with Gasteiger partial charge in [-0.1, -0.05) is 202 Å². The minimum absolute atomic E-state index is 0.00336. The molecule has 0 amide bonds. The molecule has 50 heavy (non-hydrogen) atoms. The molecular weight excluding hydrogens is 637 g/mol. The van der Waals surface area contributed by atoms with Gasteiger partial charge in [0.2, 0.25) is 0 Å². The van der Waals surface area contributed by atoms with Crippen LogP contribution in [0.15, 0.2) is 24.3 Å². The van der Waals surface area contributed by atoms with Crippen molar-refractivity contribution >= 4 is 16.4 Å². The number of benzene rings is 1. The van der Waals surface area contributed by atoms with E-state index in [-0.39, 0.29) is 53.5 Å². The van der Waals surface area contributed by atoms with Gasteiger partial charge in [0.1, 0.15) is 0 Å². The Morgan fingerprint density at radius 3 is 0.960 bits per heavy atom. The van der Waals surface area contributed by atoms with E-state index in [4.69, 9.17) is 0 Å². The van der Waals surface area contributed by atoms with E-state index in [1.807, 2.05) is 0 Å². The minimum Gasteiger partial charge on any atom is -0.275 e. The molecule has 1 unspecified atom stereocenters. The highest BCUT2D eigenvalue weighted by Gasteiger charge is 2.73. The SMILES string of the molecule is Cc1ccc(C([Si](C)(C)C)S(C)(C)(C)(C)C(C)(C)C(C)(C)C(C)(C)C(C)(C)C(C)(C)C(C)(C)C(C)(C)C(C)(C)C(C)(C)C(C)(C)C(C)C)cc1. The average molecular weight is 733 g/mol. The quantitative estimate of drug-likeness (QED) is 0.167. The molecule has 2 heteroatoms. The van der Waals surface area contributed by atoms with Crippen LogP contribution >= 0.6 is 8.29 Å². The van der Waals surface area contributed by atoms with Crippen molar-refractivity contribution in [3.05, 3.63) is 35.4 Å². The van der Waals surface area contributed by atoms with Gasteiger partial charge < -0.3 is 0 Å². The Morgan fingerprint density at radius 2 is 0.700 bits per heavy atom. The first-order valence-corrected chi connectivity index (χ1v) is 27.9. The number of hydrogen-bond donors (Lipinski definition) is 0. The summed E-state index contributed by atoms with van der Waals surface area (Å²) >= 11 is 0. The summed E-state index contributed by atoms with van der Waals surface area (Å²) in [6, 6.07) is 9.68. The van der Waals surface area contributed by atoms with Gasteiger partial charge in [0.05, 0.1) is 8.07 Å². The fourth-order valence-corrected chi connectivity index (χ4v) is 31.2. The van der Waals surface area contributed by atoms with Crippen molar-refractivity contribution in [3.8, 4) is 0 Å². The van der Waals surface area contributed by atoms with Crippen LogP contribution in [-0.4, -0.2) is 37.8 Å². The van der Waals surface area contributed by atoms with Crippen LogP contribution in [0.4, 0.5) is 0 Å². The van der Waals surface area contributed by atoms with Crippen LogP contribution in [0.3, 0.4) is 0 Å². The van der Waals surface area contributed by atoms with E-state index < -0.39 is 16.4 Å². The number of hydrogen-bond acceptors (Lipinski definition) is 0. The highest BCUT2D eigenvalue weighted by Crippen LogP contribution is 2.97. The van der Waals surface area contributed by atoms with Crippen LogP contribution in [0.1, 0.15) is 168 Å². The lowest BCUT2D eigenvalue weighted by molar-refractivity contribution is -0.228. The van der Waals surface area contributed by atoms with Crippen molar-refractivity contribution in [2.45, 2.75) is 189 Å². The Labute approximate surface area is 318 Å². The van der Waals surface area contributed by atoms with Gasteiger partial charge in [0.15, 0.2) is 0 Å². The Morgan fingerprint density at radius 1 is 0.440 bits per heavy atom. The molecule has 0 heterocycles. The maximum atomic E-state index is 2.77. The first kappa shape index (κ1) is 47.8. The Balaban J connectivity index is 4.18. The van der Waals surface area contributed by atoms with Crippen molar-refractivity contribution in [1.82, 2.24) is 0 Å². The van der Waals surface area contributed by atoms with E-state index in [1.165, 1.54) is 5.56 Å². The number of aryl methyl sites for hydroxylation is 1. The third kappa shape index (κ3) is 6.02. The molecule has 1 atom stereocenters. The molecule has 0 aliphatic heterocycles. The third-order valence-corrected chi connectivity index (χ3v) is 35.8. The van der Waals surface area contributed by atoms with Crippen molar-refractivity contribution in [1.29, 1.82) is 0 Å². The standard InChI is InChI=1S/C48H96SSi/c1-35(2)39(4,5)40(6,7)41(8,9)42(10,11)43(12,13)44(14,15)45(16,17)46(18,19)47(20,21)48(22,23)49(24,25,26,27)38(50(28,29)30)37-33-31-36(3)32-34-37/h31-35,38H,1-30H3. The largest absolute Gasteiger partial charge is 0.275 e. The first-order chi connectivity index (χ1) is 21.1. The van der Waals surface area contributed by atoms with E-state index in [1.54, 1.807) is 5.56 Å².